The van der Waals surface area contributed by atoms with Crippen LogP contribution in [0.25, 0.3) is 0 Å². The van der Waals surface area contributed by atoms with Crippen molar-refractivity contribution in [3.8, 4) is 0 Å². The van der Waals surface area contributed by atoms with E-state index in [0.29, 0.717) is 6.04 Å². The Morgan fingerprint density at radius 2 is 2.64 bits per heavy atom. The lowest BCUT2D eigenvalue weighted by Gasteiger charge is -2.05. The van der Waals surface area contributed by atoms with Crippen LogP contribution in [0.4, 0.5) is 0 Å². The van der Waals surface area contributed by atoms with Crippen LogP contribution in [0.15, 0.2) is 17.1 Å². The lowest BCUT2D eigenvalue weighted by Crippen LogP contribution is -2.37. The lowest BCUT2D eigenvalue weighted by atomic mass is 10.4. The number of hydrogen-bond donors (Lipinski definition) is 2. The molecule has 1 atom stereocenters. The van der Waals surface area contributed by atoms with Crippen LogP contribution in [0.1, 0.15) is 13.8 Å². The first-order chi connectivity index (χ1) is 5.33. The van der Waals surface area contributed by atoms with Crippen molar-refractivity contribution in [3.05, 3.63) is 12.2 Å². The molecule has 0 aromatic rings. The summed E-state index contributed by atoms with van der Waals surface area (Å²) >= 11 is 0. The molecule has 0 radical (unpaired) electrons. The largest absolute Gasteiger partial charge is 0.353 e. The quantitative estimate of drug-likeness (QED) is 0.567. The van der Waals surface area contributed by atoms with Crippen molar-refractivity contribution in [1.29, 1.82) is 0 Å². The van der Waals surface area contributed by atoms with Gasteiger partial charge in [-0.15, -0.1) is 0 Å². The summed E-state index contributed by atoms with van der Waals surface area (Å²) in [7, 11) is 0. The zero-order valence-corrected chi connectivity index (χ0v) is 7.09. The summed E-state index contributed by atoms with van der Waals surface area (Å²) in [6, 6.07) is 0.489. The Morgan fingerprint density at radius 3 is 3.18 bits per heavy atom. The van der Waals surface area contributed by atoms with E-state index in [-0.39, 0.29) is 0 Å². The van der Waals surface area contributed by atoms with Crippen molar-refractivity contribution in [1.82, 2.24) is 10.6 Å². The monoisotopic (exact) mass is 153 g/mol. The maximum absolute atomic E-state index is 4.25. The third-order valence-corrected chi connectivity index (χ3v) is 1.53. The molecule has 1 rings (SSSR count). The van der Waals surface area contributed by atoms with Gasteiger partial charge in [-0.3, -0.25) is 4.99 Å². The summed E-state index contributed by atoms with van der Waals surface area (Å²) in [4.78, 5) is 4.25. The molecule has 3 nitrogen and oxygen atoms in total. The summed E-state index contributed by atoms with van der Waals surface area (Å²) in [5, 5.41) is 6.38. The van der Waals surface area contributed by atoms with Gasteiger partial charge in [0.05, 0.1) is 6.54 Å². The molecule has 2 N–H and O–H groups in total. The van der Waals surface area contributed by atoms with E-state index in [1.165, 1.54) is 0 Å². The highest BCUT2D eigenvalue weighted by Crippen LogP contribution is 1.91. The lowest BCUT2D eigenvalue weighted by molar-refractivity contribution is 0.717. The molecule has 0 fully saturated rings. The van der Waals surface area contributed by atoms with Gasteiger partial charge in [0.1, 0.15) is 0 Å². The van der Waals surface area contributed by atoms with Crippen LogP contribution >= 0.6 is 0 Å². The topological polar surface area (TPSA) is 36.4 Å². The van der Waals surface area contributed by atoms with Gasteiger partial charge in [-0.2, -0.15) is 0 Å². The second-order valence-corrected chi connectivity index (χ2v) is 2.68. The van der Waals surface area contributed by atoms with Crippen LogP contribution in [0, 0.1) is 0 Å². The molecule has 3 heteroatoms. The van der Waals surface area contributed by atoms with Gasteiger partial charge in [-0.25, -0.2) is 0 Å². The highest BCUT2D eigenvalue weighted by molar-refractivity contribution is 5.81. The van der Waals surface area contributed by atoms with Crippen molar-refractivity contribution < 1.29 is 0 Å². The SMILES string of the molecule is C/C=C/CNC1=NCC(C)N1. The number of guanidine groups is 1. The molecule has 1 unspecified atom stereocenters. The van der Waals surface area contributed by atoms with E-state index in [1.54, 1.807) is 0 Å². The first kappa shape index (κ1) is 8.11. The summed E-state index contributed by atoms with van der Waals surface area (Å²) < 4.78 is 0. The van der Waals surface area contributed by atoms with Crippen LogP contribution in [-0.4, -0.2) is 25.1 Å². The minimum atomic E-state index is 0.489. The predicted molar refractivity (Wildman–Crippen MR) is 47.7 cm³/mol. The molecule has 1 aliphatic rings. The maximum atomic E-state index is 4.25. The van der Waals surface area contributed by atoms with Crippen LogP contribution in [0.2, 0.25) is 0 Å². The van der Waals surface area contributed by atoms with Crippen molar-refractivity contribution in [2.45, 2.75) is 19.9 Å². The zero-order valence-electron chi connectivity index (χ0n) is 7.09. The molecule has 0 amide bonds. The number of aliphatic imine (C=N–C) groups is 1. The van der Waals surface area contributed by atoms with Gasteiger partial charge in [-0.1, -0.05) is 12.2 Å². The first-order valence-corrected chi connectivity index (χ1v) is 3.99. The number of nitrogens with zero attached hydrogens (tertiary/aromatic N) is 1. The van der Waals surface area contributed by atoms with Crippen molar-refractivity contribution >= 4 is 5.96 Å². The zero-order chi connectivity index (χ0) is 8.10. The van der Waals surface area contributed by atoms with Crippen molar-refractivity contribution in [2.75, 3.05) is 13.1 Å². The molecular weight excluding hydrogens is 138 g/mol. The Morgan fingerprint density at radius 1 is 1.82 bits per heavy atom. The van der Waals surface area contributed by atoms with Gasteiger partial charge in [0.25, 0.3) is 0 Å². The van der Waals surface area contributed by atoms with Gasteiger partial charge in [0.2, 0.25) is 0 Å². The fraction of sp³-hybridized carbons (Fsp3) is 0.625. The van der Waals surface area contributed by atoms with E-state index in [2.05, 4.69) is 28.6 Å². The highest BCUT2D eigenvalue weighted by atomic mass is 15.2. The number of nitrogens with one attached hydrogen (secondary N) is 2. The summed E-state index contributed by atoms with van der Waals surface area (Å²) in [5.41, 5.74) is 0. The summed E-state index contributed by atoms with van der Waals surface area (Å²) in [6.45, 7) is 5.87. The van der Waals surface area contributed by atoms with Crippen LogP contribution in [0.5, 0.6) is 0 Å². The fourth-order valence-electron chi connectivity index (χ4n) is 0.933. The molecule has 0 spiro atoms. The maximum Gasteiger partial charge on any atom is 0.191 e. The van der Waals surface area contributed by atoms with Gasteiger partial charge < -0.3 is 10.6 Å². The molecule has 62 valence electrons. The normalized spacial score (nSPS) is 23.5. The Balaban J connectivity index is 2.18. The minimum absolute atomic E-state index is 0.489. The fourth-order valence-corrected chi connectivity index (χ4v) is 0.933. The molecule has 0 aromatic carbocycles. The van der Waals surface area contributed by atoms with Crippen LogP contribution < -0.4 is 10.6 Å². The number of rotatable bonds is 2. The molecule has 1 aliphatic heterocycles. The Hall–Kier alpha value is -0.990. The molecular formula is C8H15N3. The molecule has 0 saturated heterocycles. The Bertz CT molecular complexity index is 172. The smallest absolute Gasteiger partial charge is 0.191 e. The van der Waals surface area contributed by atoms with Crippen LogP contribution in [0.3, 0.4) is 0 Å². The van der Waals surface area contributed by atoms with Crippen molar-refractivity contribution in [2.24, 2.45) is 4.99 Å². The first-order valence-electron chi connectivity index (χ1n) is 3.99. The summed E-state index contributed by atoms with van der Waals surface area (Å²) in [6.07, 6.45) is 4.08. The van der Waals surface area contributed by atoms with Gasteiger partial charge in [0.15, 0.2) is 5.96 Å². The highest BCUT2D eigenvalue weighted by Gasteiger charge is 2.10. The summed E-state index contributed by atoms with van der Waals surface area (Å²) in [5.74, 6) is 0.926. The number of hydrogen-bond acceptors (Lipinski definition) is 3. The van der Waals surface area contributed by atoms with Crippen molar-refractivity contribution in [3.63, 3.8) is 0 Å². The molecule has 1 heterocycles. The van der Waals surface area contributed by atoms with Crippen LogP contribution in [-0.2, 0) is 0 Å². The molecule has 11 heavy (non-hydrogen) atoms. The van der Waals surface area contributed by atoms with E-state index in [4.69, 9.17) is 0 Å². The predicted octanol–water partition coefficient (Wildman–Crippen LogP) is 0.500. The minimum Gasteiger partial charge on any atom is -0.353 e. The molecule has 0 aliphatic carbocycles. The molecule has 0 bridgehead atoms. The van der Waals surface area contributed by atoms with E-state index >= 15 is 0 Å². The van der Waals surface area contributed by atoms with Gasteiger partial charge >= 0.3 is 0 Å². The third kappa shape index (κ3) is 2.62. The van der Waals surface area contributed by atoms with E-state index in [0.717, 1.165) is 19.0 Å². The second kappa shape index (κ2) is 4.01. The van der Waals surface area contributed by atoms with E-state index in [1.807, 2.05) is 13.0 Å². The van der Waals surface area contributed by atoms with E-state index in [9.17, 15) is 0 Å². The standard InChI is InChI=1S/C8H15N3/c1-3-4-5-9-8-10-6-7(2)11-8/h3-4,7H,5-6H2,1-2H3,(H2,9,10,11)/b4-3+. The molecule has 0 aromatic heterocycles. The molecule has 0 saturated carbocycles. The van der Waals surface area contributed by atoms with Gasteiger partial charge in [0, 0.05) is 12.6 Å². The van der Waals surface area contributed by atoms with E-state index < -0.39 is 0 Å². The van der Waals surface area contributed by atoms with Gasteiger partial charge in [-0.05, 0) is 13.8 Å². The average molecular weight is 153 g/mol. The number of allylic oxidation sites excluding steroid dienone is 1. The second-order valence-electron chi connectivity index (χ2n) is 2.68. The Kier molecular flexibility index (Phi) is 2.95. The third-order valence-electron chi connectivity index (χ3n) is 1.53. The Labute approximate surface area is 67.6 Å². The average Bonchev–Trinajstić information content (AvgIpc) is 2.37.